The van der Waals surface area contributed by atoms with Gasteiger partial charge in [-0.3, -0.25) is 9.59 Å². The van der Waals surface area contributed by atoms with E-state index < -0.39 is 11.7 Å². The molecular formula is C13H19ClFN3O2. The molecule has 0 aliphatic heterocycles. The number of hydrogen-bond acceptors (Lipinski definition) is 3. The van der Waals surface area contributed by atoms with Crippen LogP contribution in [0.4, 0.5) is 15.8 Å². The molecule has 1 aromatic rings. The molecule has 1 aromatic carbocycles. The zero-order valence-electron chi connectivity index (χ0n) is 11.6. The van der Waals surface area contributed by atoms with Gasteiger partial charge in [-0.2, -0.15) is 0 Å². The SMILES string of the molecule is CC(=O)Nc1ccc(F)c(NC(=O)C(C)C(C)N)c1.Cl. The summed E-state index contributed by atoms with van der Waals surface area (Å²) in [4.78, 5) is 22.7. The Morgan fingerprint density at radius 2 is 1.85 bits per heavy atom. The Labute approximate surface area is 123 Å². The second kappa shape index (κ2) is 7.81. The maximum absolute atomic E-state index is 13.6. The molecule has 0 spiro atoms. The Morgan fingerprint density at radius 3 is 2.35 bits per heavy atom. The molecule has 0 aliphatic rings. The van der Waals surface area contributed by atoms with Crippen molar-refractivity contribution in [2.45, 2.75) is 26.8 Å². The number of carbonyl (C=O) groups is 2. The lowest BCUT2D eigenvalue weighted by molar-refractivity contribution is -0.119. The number of nitrogens with one attached hydrogen (secondary N) is 2. The summed E-state index contributed by atoms with van der Waals surface area (Å²) in [6.45, 7) is 4.71. The zero-order chi connectivity index (χ0) is 14.6. The van der Waals surface area contributed by atoms with Gasteiger partial charge in [-0.25, -0.2) is 4.39 Å². The van der Waals surface area contributed by atoms with Crippen LogP contribution in [-0.4, -0.2) is 17.9 Å². The third-order valence-corrected chi connectivity index (χ3v) is 2.75. The molecule has 20 heavy (non-hydrogen) atoms. The Kier molecular flexibility index (Phi) is 7.17. The fraction of sp³-hybridized carbons (Fsp3) is 0.385. The molecule has 2 unspecified atom stereocenters. The number of anilines is 2. The summed E-state index contributed by atoms with van der Waals surface area (Å²) < 4.78 is 13.6. The summed E-state index contributed by atoms with van der Waals surface area (Å²) in [7, 11) is 0. The van der Waals surface area contributed by atoms with Crippen LogP contribution in [-0.2, 0) is 9.59 Å². The van der Waals surface area contributed by atoms with E-state index in [1.165, 1.54) is 25.1 Å². The van der Waals surface area contributed by atoms with Gasteiger partial charge in [0, 0.05) is 18.7 Å². The quantitative estimate of drug-likeness (QED) is 0.796. The van der Waals surface area contributed by atoms with Gasteiger partial charge in [0.15, 0.2) is 0 Å². The highest BCUT2D eigenvalue weighted by molar-refractivity contribution is 5.94. The van der Waals surface area contributed by atoms with E-state index in [4.69, 9.17) is 5.73 Å². The molecule has 0 heterocycles. The molecule has 0 radical (unpaired) electrons. The van der Waals surface area contributed by atoms with E-state index in [0.717, 1.165) is 0 Å². The van der Waals surface area contributed by atoms with Crippen molar-refractivity contribution in [3.63, 3.8) is 0 Å². The lowest BCUT2D eigenvalue weighted by Gasteiger charge is -2.16. The van der Waals surface area contributed by atoms with Crippen molar-refractivity contribution < 1.29 is 14.0 Å². The van der Waals surface area contributed by atoms with E-state index in [1.807, 2.05) is 0 Å². The monoisotopic (exact) mass is 303 g/mol. The van der Waals surface area contributed by atoms with Crippen LogP contribution in [0.25, 0.3) is 0 Å². The molecule has 0 saturated heterocycles. The largest absolute Gasteiger partial charge is 0.327 e. The first kappa shape index (κ1) is 18.3. The van der Waals surface area contributed by atoms with Gasteiger partial charge >= 0.3 is 0 Å². The number of halogens is 2. The Bertz CT molecular complexity index is 495. The molecule has 2 atom stereocenters. The summed E-state index contributed by atoms with van der Waals surface area (Å²) in [6.07, 6.45) is 0. The first-order valence-corrected chi connectivity index (χ1v) is 5.95. The van der Waals surface area contributed by atoms with Gasteiger partial charge in [0.1, 0.15) is 5.82 Å². The van der Waals surface area contributed by atoms with E-state index in [-0.39, 0.29) is 36.0 Å². The predicted octanol–water partition coefficient (Wildman–Crippen LogP) is 2.13. The third-order valence-electron chi connectivity index (χ3n) is 2.75. The number of nitrogens with two attached hydrogens (primary N) is 1. The fourth-order valence-corrected chi connectivity index (χ4v) is 1.39. The molecule has 1 rings (SSSR count). The average molecular weight is 304 g/mol. The van der Waals surface area contributed by atoms with Gasteiger partial charge in [0.05, 0.1) is 11.6 Å². The second-order valence-electron chi connectivity index (χ2n) is 4.51. The van der Waals surface area contributed by atoms with Crippen LogP contribution < -0.4 is 16.4 Å². The van der Waals surface area contributed by atoms with Crippen LogP contribution in [0.1, 0.15) is 20.8 Å². The van der Waals surface area contributed by atoms with Crippen LogP contribution in [0.3, 0.4) is 0 Å². The number of carbonyl (C=O) groups excluding carboxylic acids is 2. The maximum atomic E-state index is 13.6. The summed E-state index contributed by atoms with van der Waals surface area (Å²) in [6, 6.07) is 3.63. The fourth-order valence-electron chi connectivity index (χ4n) is 1.39. The summed E-state index contributed by atoms with van der Waals surface area (Å²) in [5.41, 5.74) is 6.04. The number of rotatable bonds is 4. The summed E-state index contributed by atoms with van der Waals surface area (Å²) in [5, 5.41) is 4.98. The smallest absolute Gasteiger partial charge is 0.228 e. The van der Waals surface area contributed by atoms with Crippen LogP contribution >= 0.6 is 12.4 Å². The van der Waals surface area contributed by atoms with Crippen LogP contribution in [0, 0.1) is 11.7 Å². The molecule has 0 fully saturated rings. The van der Waals surface area contributed by atoms with E-state index in [0.29, 0.717) is 5.69 Å². The minimum Gasteiger partial charge on any atom is -0.327 e. The Hall–Kier alpha value is -1.66. The van der Waals surface area contributed by atoms with Crippen LogP contribution in [0.2, 0.25) is 0 Å². The molecule has 7 heteroatoms. The molecule has 0 bridgehead atoms. The van der Waals surface area contributed by atoms with Crippen molar-refractivity contribution in [3.05, 3.63) is 24.0 Å². The van der Waals surface area contributed by atoms with Gasteiger partial charge < -0.3 is 16.4 Å². The first-order valence-electron chi connectivity index (χ1n) is 5.95. The predicted molar refractivity (Wildman–Crippen MR) is 79.4 cm³/mol. The van der Waals surface area contributed by atoms with E-state index in [9.17, 15) is 14.0 Å². The topological polar surface area (TPSA) is 84.2 Å². The molecular weight excluding hydrogens is 285 g/mol. The van der Waals surface area contributed by atoms with Crippen LogP contribution in [0.5, 0.6) is 0 Å². The highest BCUT2D eigenvalue weighted by atomic mass is 35.5. The summed E-state index contributed by atoms with van der Waals surface area (Å²) >= 11 is 0. The van der Waals surface area contributed by atoms with Crippen LogP contribution in [0.15, 0.2) is 18.2 Å². The van der Waals surface area contributed by atoms with Crippen molar-refractivity contribution in [1.29, 1.82) is 0 Å². The highest BCUT2D eigenvalue weighted by Gasteiger charge is 2.18. The van der Waals surface area contributed by atoms with Gasteiger partial charge in [-0.05, 0) is 25.1 Å². The second-order valence-corrected chi connectivity index (χ2v) is 4.51. The van der Waals surface area contributed by atoms with Gasteiger partial charge in [-0.1, -0.05) is 6.92 Å². The van der Waals surface area contributed by atoms with E-state index >= 15 is 0 Å². The molecule has 0 aromatic heterocycles. The Morgan fingerprint density at radius 1 is 1.25 bits per heavy atom. The maximum Gasteiger partial charge on any atom is 0.228 e. The third kappa shape index (κ3) is 5.14. The zero-order valence-corrected chi connectivity index (χ0v) is 12.4. The molecule has 2 amide bonds. The van der Waals surface area contributed by atoms with Crippen molar-refractivity contribution in [2.75, 3.05) is 10.6 Å². The number of amides is 2. The van der Waals surface area contributed by atoms with E-state index in [1.54, 1.807) is 13.8 Å². The van der Waals surface area contributed by atoms with Crippen molar-refractivity contribution >= 4 is 35.6 Å². The van der Waals surface area contributed by atoms with Crippen molar-refractivity contribution in [3.8, 4) is 0 Å². The van der Waals surface area contributed by atoms with Gasteiger partial charge in [0.2, 0.25) is 11.8 Å². The highest BCUT2D eigenvalue weighted by Crippen LogP contribution is 2.20. The molecule has 4 N–H and O–H groups in total. The van der Waals surface area contributed by atoms with E-state index in [2.05, 4.69) is 10.6 Å². The van der Waals surface area contributed by atoms with Gasteiger partial charge in [0.25, 0.3) is 0 Å². The van der Waals surface area contributed by atoms with Crippen molar-refractivity contribution in [1.82, 2.24) is 0 Å². The Balaban J connectivity index is 0.00000361. The standard InChI is InChI=1S/C13H18FN3O2.ClH/c1-7(8(2)15)13(19)17-12-6-10(16-9(3)18)4-5-11(12)14;/h4-8H,15H2,1-3H3,(H,16,18)(H,17,19);1H. The normalized spacial score (nSPS) is 12.8. The lowest BCUT2D eigenvalue weighted by atomic mass is 10.0. The molecule has 112 valence electrons. The average Bonchev–Trinajstić information content (AvgIpc) is 2.31. The van der Waals surface area contributed by atoms with Gasteiger partial charge in [-0.15, -0.1) is 12.4 Å². The molecule has 0 saturated carbocycles. The van der Waals surface area contributed by atoms with Crippen molar-refractivity contribution in [2.24, 2.45) is 11.7 Å². The lowest BCUT2D eigenvalue weighted by Crippen LogP contribution is -2.34. The number of hydrogen-bond donors (Lipinski definition) is 3. The molecule has 0 aliphatic carbocycles. The summed E-state index contributed by atoms with van der Waals surface area (Å²) in [5.74, 6) is -1.65. The number of benzene rings is 1. The minimum absolute atomic E-state index is 0. The first-order chi connectivity index (χ1) is 8.81. The minimum atomic E-state index is -0.570. The molecule has 5 nitrogen and oxygen atoms in total.